The molecule has 0 amide bonds. The Labute approximate surface area is 301 Å². The monoisotopic (exact) mass is 662 g/mol. The number of hydrogen-bond acceptors (Lipinski definition) is 0. The Morgan fingerprint density at radius 2 is 0.939 bits per heavy atom. The Bertz CT molecular complexity index is 1620. The van der Waals surface area contributed by atoms with Crippen LogP contribution in [0.2, 0.25) is 12.1 Å². The molecule has 0 bridgehead atoms. The summed E-state index contributed by atoms with van der Waals surface area (Å²) < 4.78 is 0. The van der Waals surface area contributed by atoms with Crippen LogP contribution in [0.15, 0.2) is 96.1 Å². The van der Waals surface area contributed by atoms with Crippen molar-refractivity contribution in [3.8, 4) is 22.3 Å². The van der Waals surface area contributed by atoms with E-state index in [0.717, 1.165) is 22.4 Å². The standard InChI is InChI=1S/C48H58Si/c1-7-9-17-37-29-43-41(25-23-39(27-33(3)4)47(43)35-19-13-11-14-20-35)45(37)31-49-32-46-38(18-10-8-2)30-44-42(46)26-24-40(28-34(5)6)48(44)36-21-15-12-16-22-36/h11-16,19-26,29-30,33-34,45-46H,7-10,17-18,27-28,31-32H2,1-6H3. The quantitative estimate of drug-likeness (QED) is 0.105. The molecule has 0 fully saturated rings. The number of allylic oxidation sites excluding steroid dienone is 2. The average molecular weight is 663 g/mol. The third kappa shape index (κ3) is 7.99. The topological polar surface area (TPSA) is 0 Å². The van der Waals surface area contributed by atoms with Crippen LogP contribution in [0.4, 0.5) is 0 Å². The minimum absolute atomic E-state index is 0.549. The van der Waals surface area contributed by atoms with Crippen molar-refractivity contribution < 1.29 is 0 Å². The molecule has 0 N–H and O–H groups in total. The smallest absolute Gasteiger partial charge is 0.0397 e. The maximum Gasteiger partial charge on any atom is 0.0397 e. The Balaban J connectivity index is 1.32. The van der Waals surface area contributed by atoms with E-state index in [1.807, 2.05) is 0 Å². The van der Waals surface area contributed by atoms with E-state index in [9.17, 15) is 0 Å². The maximum absolute atomic E-state index is 2.63. The third-order valence-corrected chi connectivity index (χ3v) is 12.1. The largest absolute Gasteiger partial charge is 0.0654 e. The predicted octanol–water partition coefficient (Wildman–Crippen LogP) is 14.0. The number of rotatable bonds is 16. The second-order valence-electron chi connectivity index (χ2n) is 15.5. The highest BCUT2D eigenvalue weighted by Crippen LogP contribution is 2.49. The molecule has 4 aromatic carbocycles. The molecular formula is C48H58Si. The first-order valence-electron chi connectivity index (χ1n) is 19.4. The number of fused-ring (bicyclic) bond motifs is 2. The van der Waals surface area contributed by atoms with E-state index in [4.69, 9.17) is 0 Å². The van der Waals surface area contributed by atoms with E-state index in [0.29, 0.717) is 23.7 Å². The molecule has 0 saturated carbocycles. The van der Waals surface area contributed by atoms with Crippen molar-refractivity contribution in [2.45, 2.75) is 117 Å². The Hall–Kier alpha value is -3.42. The van der Waals surface area contributed by atoms with Crippen LogP contribution < -0.4 is 0 Å². The van der Waals surface area contributed by atoms with Crippen LogP contribution in [0.1, 0.15) is 125 Å². The van der Waals surface area contributed by atoms with Gasteiger partial charge in [-0.15, -0.1) is 0 Å². The molecule has 0 heterocycles. The van der Waals surface area contributed by atoms with E-state index in [1.54, 1.807) is 22.3 Å². The molecule has 0 spiro atoms. The van der Waals surface area contributed by atoms with Gasteiger partial charge in [-0.1, -0.05) is 175 Å². The van der Waals surface area contributed by atoms with Crippen molar-refractivity contribution in [3.63, 3.8) is 0 Å². The Morgan fingerprint density at radius 3 is 1.31 bits per heavy atom. The van der Waals surface area contributed by atoms with Gasteiger partial charge in [0, 0.05) is 21.4 Å². The van der Waals surface area contributed by atoms with Gasteiger partial charge in [-0.2, -0.15) is 0 Å². The molecule has 2 radical (unpaired) electrons. The van der Waals surface area contributed by atoms with Crippen molar-refractivity contribution in [1.82, 2.24) is 0 Å². The summed E-state index contributed by atoms with van der Waals surface area (Å²) in [5.41, 5.74) is 18.3. The fourth-order valence-electron chi connectivity index (χ4n) is 8.47. The first kappa shape index (κ1) is 35.4. The molecule has 49 heavy (non-hydrogen) atoms. The van der Waals surface area contributed by atoms with Crippen LogP contribution in [-0.2, 0) is 12.8 Å². The van der Waals surface area contributed by atoms with Crippen LogP contribution in [-0.4, -0.2) is 9.52 Å². The molecule has 6 rings (SSSR count). The molecule has 2 aliphatic carbocycles. The van der Waals surface area contributed by atoms with E-state index in [1.165, 1.54) is 95.1 Å². The lowest BCUT2D eigenvalue weighted by Gasteiger charge is -2.22. The summed E-state index contributed by atoms with van der Waals surface area (Å²) in [6.07, 6.45) is 15.0. The molecule has 0 saturated heterocycles. The fourth-order valence-corrected chi connectivity index (χ4v) is 10.2. The second kappa shape index (κ2) is 16.5. The van der Waals surface area contributed by atoms with Crippen molar-refractivity contribution in [1.29, 1.82) is 0 Å². The highest BCUT2D eigenvalue weighted by Gasteiger charge is 2.31. The summed E-state index contributed by atoms with van der Waals surface area (Å²) in [6.45, 7) is 14.1. The lowest BCUT2D eigenvalue weighted by Crippen LogP contribution is -2.09. The van der Waals surface area contributed by atoms with Crippen molar-refractivity contribution in [2.75, 3.05) is 0 Å². The highest BCUT2D eigenvalue weighted by atomic mass is 28.2. The Kier molecular flexibility index (Phi) is 11.9. The van der Waals surface area contributed by atoms with E-state index < -0.39 is 0 Å². The normalized spacial score (nSPS) is 16.7. The van der Waals surface area contributed by atoms with Gasteiger partial charge in [-0.3, -0.25) is 0 Å². The first-order chi connectivity index (χ1) is 23.9. The van der Waals surface area contributed by atoms with Gasteiger partial charge < -0.3 is 0 Å². The maximum atomic E-state index is 2.63. The van der Waals surface area contributed by atoms with E-state index in [-0.39, 0.29) is 0 Å². The van der Waals surface area contributed by atoms with E-state index in [2.05, 4.69) is 139 Å². The molecule has 254 valence electrons. The molecule has 1 heteroatoms. The molecular weight excluding hydrogens is 605 g/mol. The van der Waals surface area contributed by atoms with Gasteiger partial charge in [-0.25, -0.2) is 0 Å². The number of hydrogen-bond donors (Lipinski definition) is 0. The lowest BCUT2D eigenvalue weighted by molar-refractivity contribution is 0.647. The third-order valence-electron chi connectivity index (χ3n) is 10.8. The van der Waals surface area contributed by atoms with Crippen molar-refractivity contribution in [3.05, 3.63) is 129 Å². The highest BCUT2D eigenvalue weighted by molar-refractivity contribution is 6.36. The molecule has 2 unspecified atom stereocenters. The SMILES string of the molecule is CCCCC1=Cc2c(ccc(CC(C)C)c2-c2ccccc2)C1C[Si]CC1C(CCCC)=Cc2c1ccc(CC(C)C)c2-c1ccccc1. The van der Waals surface area contributed by atoms with Gasteiger partial charge in [0.05, 0.1) is 0 Å². The number of benzene rings is 4. The van der Waals surface area contributed by atoms with Crippen LogP contribution in [0.5, 0.6) is 0 Å². The van der Waals surface area contributed by atoms with Crippen LogP contribution >= 0.6 is 0 Å². The van der Waals surface area contributed by atoms with Gasteiger partial charge in [0.25, 0.3) is 0 Å². The zero-order valence-electron chi connectivity index (χ0n) is 31.1. The zero-order valence-corrected chi connectivity index (χ0v) is 32.1. The van der Waals surface area contributed by atoms with Crippen molar-refractivity contribution >= 4 is 21.7 Å². The molecule has 0 aliphatic heterocycles. The summed E-state index contributed by atoms with van der Waals surface area (Å²) in [7, 11) is 0.938. The number of unbranched alkanes of at least 4 members (excludes halogenated alkanes) is 2. The summed E-state index contributed by atoms with van der Waals surface area (Å²) >= 11 is 0. The summed E-state index contributed by atoms with van der Waals surface area (Å²) in [4.78, 5) is 0. The molecule has 0 nitrogen and oxygen atoms in total. The molecule has 2 atom stereocenters. The average Bonchev–Trinajstić information content (AvgIpc) is 3.63. The minimum atomic E-state index is 0.549. The van der Waals surface area contributed by atoms with Gasteiger partial charge in [0.2, 0.25) is 0 Å². The lowest BCUT2D eigenvalue weighted by atomic mass is 9.86. The summed E-state index contributed by atoms with van der Waals surface area (Å²) in [5, 5.41) is 0. The molecule has 0 aromatic heterocycles. The molecule has 4 aromatic rings. The Morgan fingerprint density at radius 1 is 0.531 bits per heavy atom. The van der Waals surface area contributed by atoms with Gasteiger partial charge in [0.1, 0.15) is 0 Å². The second-order valence-corrected chi connectivity index (χ2v) is 16.9. The van der Waals surface area contributed by atoms with Gasteiger partial charge >= 0.3 is 0 Å². The minimum Gasteiger partial charge on any atom is -0.0654 e. The van der Waals surface area contributed by atoms with Crippen molar-refractivity contribution in [2.24, 2.45) is 11.8 Å². The van der Waals surface area contributed by atoms with Gasteiger partial charge in [-0.05, 0) is 106 Å². The van der Waals surface area contributed by atoms with E-state index >= 15 is 0 Å². The zero-order chi connectivity index (χ0) is 34.3. The summed E-state index contributed by atoms with van der Waals surface area (Å²) in [5.74, 6) is 2.37. The van der Waals surface area contributed by atoms with Crippen LogP contribution in [0.25, 0.3) is 34.4 Å². The summed E-state index contributed by atoms with van der Waals surface area (Å²) in [6, 6.07) is 35.0. The van der Waals surface area contributed by atoms with Crippen LogP contribution in [0, 0.1) is 11.8 Å². The van der Waals surface area contributed by atoms with Crippen LogP contribution in [0.3, 0.4) is 0 Å². The predicted molar refractivity (Wildman–Crippen MR) is 217 cm³/mol. The first-order valence-corrected chi connectivity index (χ1v) is 20.8. The van der Waals surface area contributed by atoms with Gasteiger partial charge in [0.15, 0.2) is 0 Å². The molecule has 2 aliphatic rings. The fraction of sp³-hybridized carbons (Fsp3) is 0.417.